The molecule has 0 aliphatic carbocycles. The highest BCUT2D eigenvalue weighted by atomic mass is 16.2. The first-order valence-electron chi connectivity index (χ1n) is 8.04. The Morgan fingerprint density at radius 2 is 1.87 bits per heavy atom. The van der Waals surface area contributed by atoms with Gasteiger partial charge < -0.3 is 4.90 Å². The van der Waals surface area contributed by atoms with E-state index in [1.807, 2.05) is 47.4 Å². The molecule has 1 fully saturated rings. The standard InChI is InChI=1S/C20H20N2O/c1-15(16-7-3-2-4-8-16)22-12-11-18(20(22)23)13-17-9-5-6-10-19(17)14-21/h2-10,15,18H,11-13H2,1H3/t15-,18-/m1/s1. The van der Waals surface area contributed by atoms with Crippen LogP contribution >= 0.6 is 0 Å². The van der Waals surface area contributed by atoms with Crippen LogP contribution in [0.1, 0.15) is 36.1 Å². The number of rotatable bonds is 4. The van der Waals surface area contributed by atoms with Crippen molar-refractivity contribution >= 4 is 5.91 Å². The summed E-state index contributed by atoms with van der Waals surface area (Å²) in [4.78, 5) is 14.7. The maximum atomic E-state index is 12.8. The number of carbonyl (C=O) groups excluding carboxylic acids is 1. The molecule has 0 radical (unpaired) electrons. The van der Waals surface area contributed by atoms with Gasteiger partial charge in [0.15, 0.2) is 0 Å². The van der Waals surface area contributed by atoms with Crippen LogP contribution in [0.15, 0.2) is 54.6 Å². The van der Waals surface area contributed by atoms with E-state index >= 15 is 0 Å². The van der Waals surface area contributed by atoms with E-state index in [9.17, 15) is 10.1 Å². The van der Waals surface area contributed by atoms with Crippen molar-refractivity contribution in [1.29, 1.82) is 5.26 Å². The zero-order chi connectivity index (χ0) is 16.2. The molecule has 23 heavy (non-hydrogen) atoms. The van der Waals surface area contributed by atoms with Crippen molar-refractivity contribution in [3.63, 3.8) is 0 Å². The third-order valence-electron chi connectivity index (χ3n) is 4.70. The fraction of sp³-hybridized carbons (Fsp3) is 0.300. The molecular weight excluding hydrogens is 284 g/mol. The molecule has 0 aromatic heterocycles. The molecule has 2 aromatic carbocycles. The van der Waals surface area contributed by atoms with Crippen LogP contribution in [0, 0.1) is 17.2 Å². The van der Waals surface area contributed by atoms with Crippen LogP contribution in [0.3, 0.4) is 0 Å². The monoisotopic (exact) mass is 304 g/mol. The second-order valence-corrected chi connectivity index (χ2v) is 6.08. The summed E-state index contributed by atoms with van der Waals surface area (Å²) in [7, 11) is 0. The number of benzene rings is 2. The van der Waals surface area contributed by atoms with E-state index in [-0.39, 0.29) is 17.9 Å². The molecule has 3 nitrogen and oxygen atoms in total. The summed E-state index contributed by atoms with van der Waals surface area (Å²) in [6.45, 7) is 2.87. The fourth-order valence-corrected chi connectivity index (χ4v) is 3.32. The molecule has 3 heteroatoms. The van der Waals surface area contributed by atoms with Crippen molar-refractivity contribution in [2.45, 2.75) is 25.8 Å². The summed E-state index contributed by atoms with van der Waals surface area (Å²) < 4.78 is 0. The van der Waals surface area contributed by atoms with E-state index in [4.69, 9.17) is 0 Å². The number of hydrogen-bond donors (Lipinski definition) is 0. The predicted octanol–water partition coefficient (Wildman–Crippen LogP) is 3.71. The van der Waals surface area contributed by atoms with E-state index in [0.29, 0.717) is 12.0 Å². The topological polar surface area (TPSA) is 44.1 Å². The lowest BCUT2D eigenvalue weighted by Gasteiger charge is -2.25. The Morgan fingerprint density at radius 1 is 1.17 bits per heavy atom. The van der Waals surface area contributed by atoms with Crippen molar-refractivity contribution in [3.8, 4) is 6.07 Å². The van der Waals surface area contributed by atoms with Gasteiger partial charge in [0.2, 0.25) is 5.91 Å². The van der Waals surface area contributed by atoms with E-state index in [2.05, 4.69) is 25.1 Å². The molecule has 1 heterocycles. The van der Waals surface area contributed by atoms with Crippen LogP contribution in [0.4, 0.5) is 0 Å². The number of carbonyl (C=O) groups is 1. The lowest BCUT2D eigenvalue weighted by molar-refractivity contribution is -0.132. The van der Waals surface area contributed by atoms with Gasteiger partial charge in [0.25, 0.3) is 0 Å². The summed E-state index contributed by atoms with van der Waals surface area (Å²) in [6.07, 6.45) is 1.51. The van der Waals surface area contributed by atoms with Crippen molar-refractivity contribution in [2.24, 2.45) is 5.92 Å². The Morgan fingerprint density at radius 3 is 2.61 bits per heavy atom. The number of likely N-dealkylation sites (tertiary alicyclic amines) is 1. The third kappa shape index (κ3) is 3.12. The maximum Gasteiger partial charge on any atom is 0.226 e. The van der Waals surface area contributed by atoms with Crippen LogP contribution in [0.5, 0.6) is 0 Å². The first-order valence-corrected chi connectivity index (χ1v) is 8.04. The molecule has 1 aliphatic heterocycles. The Balaban J connectivity index is 1.73. The van der Waals surface area contributed by atoms with Crippen molar-refractivity contribution < 1.29 is 4.79 Å². The van der Waals surface area contributed by atoms with E-state index in [1.165, 1.54) is 5.56 Å². The zero-order valence-electron chi connectivity index (χ0n) is 13.3. The molecule has 0 spiro atoms. The van der Waals surface area contributed by atoms with Crippen LogP contribution < -0.4 is 0 Å². The Bertz CT molecular complexity index is 733. The average Bonchev–Trinajstić information content (AvgIpc) is 2.96. The molecule has 0 N–H and O–H groups in total. The fourth-order valence-electron chi connectivity index (χ4n) is 3.32. The van der Waals surface area contributed by atoms with Gasteiger partial charge in [-0.1, -0.05) is 48.5 Å². The molecule has 0 saturated carbocycles. The molecule has 2 atom stereocenters. The molecule has 0 bridgehead atoms. The van der Waals surface area contributed by atoms with Crippen LogP contribution in [0.2, 0.25) is 0 Å². The highest BCUT2D eigenvalue weighted by molar-refractivity contribution is 5.81. The van der Waals surface area contributed by atoms with Gasteiger partial charge in [-0.25, -0.2) is 0 Å². The second kappa shape index (κ2) is 6.66. The lowest BCUT2D eigenvalue weighted by Crippen LogP contribution is -2.30. The van der Waals surface area contributed by atoms with Gasteiger partial charge >= 0.3 is 0 Å². The lowest BCUT2D eigenvalue weighted by atomic mass is 9.95. The van der Waals surface area contributed by atoms with E-state index in [1.54, 1.807) is 0 Å². The first kappa shape index (κ1) is 15.3. The second-order valence-electron chi connectivity index (χ2n) is 6.08. The predicted molar refractivity (Wildman–Crippen MR) is 89.5 cm³/mol. The quantitative estimate of drug-likeness (QED) is 0.864. The van der Waals surface area contributed by atoms with Gasteiger partial charge in [-0.3, -0.25) is 4.79 Å². The maximum absolute atomic E-state index is 12.8. The van der Waals surface area contributed by atoms with Crippen LogP contribution in [0.25, 0.3) is 0 Å². The molecule has 1 saturated heterocycles. The number of amides is 1. The number of nitriles is 1. The Labute approximate surface area is 137 Å². The van der Waals surface area contributed by atoms with Gasteiger partial charge in [0, 0.05) is 12.5 Å². The van der Waals surface area contributed by atoms with Gasteiger partial charge in [-0.15, -0.1) is 0 Å². The van der Waals surface area contributed by atoms with Crippen LogP contribution in [-0.2, 0) is 11.2 Å². The normalized spacial score (nSPS) is 18.7. The van der Waals surface area contributed by atoms with E-state index in [0.717, 1.165) is 18.5 Å². The zero-order valence-corrected chi connectivity index (χ0v) is 13.3. The molecule has 1 aliphatic rings. The third-order valence-corrected chi connectivity index (χ3v) is 4.70. The highest BCUT2D eigenvalue weighted by Crippen LogP contribution is 2.30. The van der Waals surface area contributed by atoms with Gasteiger partial charge in [0.05, 0.1) is 17.7 Å². The van der Waals surface area contributed by atoms with Gasteiger partial charge in [0.1, 0.15) is 0 Å². The SMILES string of the molecule is C[C@H](c1ccccc1)N1CC[C@H](Cc2ccccc2C#N)C1=O. The Hall–Kier alpha value is -2.60. The van der Waals surface area contributed by atoms with Crippen molar-refractivity contribution in [1.82, 2.24) is 4.90 Å². The summed E-state index contributed by atoms with van der Waals surface area (Å²) in [5.74, 6) is 0.185. The summed E-state index contributed by atoms with van der Waals surface area (Å²) in [5.41, 5.74) is 2.82. The van der Waals surface area contributed by atoms with Crippen LogP contribution in [-0.4, -0.2) is 17.4 Å². The number of hydrogen-bond acceptors (Lipinski definition) is 2. The largest absolute Gasteiger partial charge is 0.336 e. The highest BCUT2D eigenvalue weighted by Gasteiger charge is 2.34. The van der Waals surface area contributed by atoms with Gasteiger partial charge in [-0.05, 0) is 37.0 Å². The molecule has 1 amide bonds. The minimum Gasteiger partial charge on any atom is -0.336 e. The van der Waals surface area contributed by atoms with Crippen molar-refractivity contribution in [3.05, 3.63) is 71.3 Å². The molecule has 2 aromatic rings. The molecule has 0 unspecified atom stereocenters. The summed E-state index contributed by atoms with van der Waals surface area (Å²) >= 11 is 0. The average molecular weight is 304 g/mol. The minimum atomic E-state index is -0.0179. The smallest absolute Gasteiger partial charge is 0.226 e. The first-order chi connectivity index (χ1) is 11.2. The minimum absolute atomic E-state index is 0.0179. The number of nitrogens with zero attached hydrogens (tertiary/aromatic N) is 2. The van der Waals surface area contributed by atoms with Crippen molar-refractivity contribution in [2.75, 3.05) is 6.54 Å². The van der Waals surface area contributed by atoms with E-state index < -0.39 is 0 Å². The molecular formula is C20H20N2O. The van der Waals surface area contributed by atoms with Gasteiger partial charge in [-0.2, -0.15) is 5.26 Å². The summed E-state index contributed by atoms with van der Waals surface area (Å²) in [5, 5.41) is 9.20. The molecule has 116 valence electrons. The molecule has 3 rings (SSSR count). The summed E-state index contributed by atoms with van der Waals surface area (Å²) in [6, 6.07) is 20.0. The Kier molecular flexibility index (Phi) is 4.43.